The molecular weight excluding hydrogens is 300 g/mol. The highest BCUT2D eigenvalue weighted by atomic mass is 16.6. The van der Waals surface area contributed by atoms with E-state index < -0.39 is 10.9 Å². The Bertz CT molecular complexity index is 708. The van der Waals surface area contributed by atoms with Crippen LogP contribution in [-0.2, 0) is 9.53 Å². The fraction of sp³-hybridized carbons (Fsp3) is 0.125. The molecule has 0 radical (unpaired) electrons. The van der Waals surface area contributed by atoms with Crippen molar-refractivity contribution in [3.8, 4) is 11.6 Å². The fourth-order valence-electron chi connectivity index (χ4n) is 1.66. The molecule has 0 spiro atoms. The summed E-state index contributed by atoms with van der Waals surface area (Å²) in [5.41, 5.74) is 0.707. The highest BCUT2D eigenvalue weighted by Gasteiger charge is 2.06. The lowest BCUT2D eigenvalue weighted by Gasteiger charge is -2.04. The Balaban J connectivity index is 1.99. The maximum absolute atomic E-state index is 11.2. The van der Waals surface area contributed by atoms with E-state index in [2.05, 4.69) is 4.98 Å². The summed E-state index contributed by atoms with van der Waals surface area (Å²) < 4.78 is 10.3. The lowest BCUT2D eigenvalue weighted by molar-refractivity contribution is -0.385. The molecule has 0 amide bonds. The van der Waals surface area contributed by atoms with Crippen LogP contribution >= 0.6 is 0 Å². The maximum Gasteiger partial charge on any atom is 0.330 e. The molecule has 118 valence electrons. The highest BCUT2D eigenvalue weighted by Crippen LogP contribution is 2.21. The summed E-state index contributed by atoms with van der Waals surface area (Å²) in [6.45, 7) is 2.07. The number of hydrogen-bond acceptors (Lipinski definition) is 6. The van der Waals surface area contributed by atoms with Gasteiger partial charge in [-0.1, -0.05) is 12.1 Å². The van der Waals surface area contributed by atoms with Gasteiger partial charge in [0.2, 0.25) is 5.88 Å². The second-order valence-corrected chi connectivity index (χ2v) is 4.37. The van der Waals surface area contributed by atoms with E-state index in [1.165, 1.54) is 18.2 Å². The quantitative estimate of drug-likeness (QED) is 0.351. The van der Waals surface area contributed by atoms with E-state index in [-0.39, 0.29) is 11.6 Å². The van der Waals surface area contributed by atoms with Crippen LogP contribution < -0.4 is 4.74 Å². The minimum Gasteiger partial charge on any atom is -0.463 e. The van der Waals surface area contributed by atoms with Crippen molar-refractivity contribution in [1.29, 1.82) is 0 Å². The van der Waals surface area contributed by atoms with E-state index in [0.717, 1.165) is 11.8 Å². The summed E-state index contributed by atoms with van der Waals surface area (Å²) in [6, 6.07) is 9.67. The third kappa shape index (κ3) is 4.92. The lowest BCUT2D eigenvalue weighted by Crippen LogP contribution is -1.98. The molecule has 1 heterocycles. The van der Waals surface area contributed by atoms with E-state index in [1.54, 1.807) is 37.3 Å². The van der Waals surface area contributed by atoms with Gasteiger partial charge in [-0.3, -0.25) is 10.1 Å². The van der Waals surface area contributed by atoms with Crippen LogP contribution in [0, 0.1) is 10.1 Å². The highest BCUT2D eigenvalue weighted by molar-refractivity contribution is 5.87. The number of rotatable bonds is 6. The molecule has 0 aliphatic rings. The Morgan fingerprint density at radius 3 is 2.57 bits per heavy atom. The zero-order chi connectivity index (χ0) is 16.7. The van der Waals surface area contributed by atoms with Crippen molar-refractivity contribution in [2.75, 3.05) is 6.61 Å². The van der Waals surface area contributed by atoms with Gasteiger partial charge in [0.15, 0.2) is 0 Å². The predicted molar refractivity (Wildman–Crippen MR) is 83.1 cm³/mol. The van der Waals surface area contributed by atoms with E-state index in [0.29, 0.717) is 12.4 Å². The zero-order valence-corrected chi connectivity index (χ0v) is 12.3. The fourth-order valence-corrected chi connectivity index (χ4v) is 1.66. The average Bonchev–Trinajstić information content (AvgIpc) is 2.55. The maximum atomic E-state index is 11.2. The smallest absolute Gasteiger partial charge is 0.330 e. The van der Waals surface area contributed by atoms with Crippen molar-refractivity contribution in [2.45, 2.75) is 6.92 Å². The van der Waals surface area contributed by atoms with Crippen LogP contribution in [-0.4, -0.2) is 22.5 Å². The molecular formula is C16H14N2O5. The number of nitrogens with zero attached hydrogens (tertiary/aromatic N) is 2. The molecule has 7 heteroatoms. The third-order valence-electron chi connectivity index (χ3n) is 2.73. The van der Waals surface area contributed by atoms with Crippen molar-refractivity contribution < 1.29 is 19.2 Å². The van der Waals surface area contributed by atoms with Crippen LogP contribution in [0.15, 0.2) is 48.7 Å². The number of hydrogen-bond donors (Lipinski definition) is 0. The summed E-state index contributed by atoms with van der Waals surface area (Å²) >= 11 is 0. The van der Waals surface area contributed by atoms with Crippen molar-refractivity contribution in [3.63, 3.8) is 0 Å². The first-order valence-corrected chi connectivity index (χ1v) is 6.81. The standard InChI is InChI=1S/C16H14N2O5/c1-2-22-16(19)10-5-12-3-7-14(8-4-12)23-15-9-6-13(11-17-15)18(20)21/h3-11H,2H2,1H3/b10-5+. The molecule has 0 bridgehead atoms. The number of benzene rings is 1. The Morgan fingerprint density at radius 1 is 1.26 bits per heavy atom. The van der Waals surface area contributed by atoms with Gasteiger partial charge in [-0.05, 0) is 30.7 Å². The van der Waals surface area contributed by atoms with Crippen LogP contribution in [0.3, 0.4) is 0 Å². The van der Waals surface area contributed by atoms with Crippen molar-refractivity contribution in [3.05, 3.63) is 64.3 Å². The van der Waals surface area contributed by atoms with Gasteiger partial charge in [-0.25, -0.2) is 9.78 Å². The minimum atomic E-state index is -0.526. The summed E-state index contributed by atoms with van der Waals surface area (Å²) in [4.78, 5) is 25.1. The SMILES string of the molecule is CCOC(=O)/C=C/c1ccc(Oc2ccc([N+](=O)[O-])cn2)cc1. The number of esters is 1. The van der Waals surface area contributed by atoms with Gasteiger partial charge in [0.05, 0.1) is 11.5 Å². The first-order chi connectivity index (χ1) is 11.1. The first-order valence-electron chi connectivity index (χ1n) is 6.81. The molecule has 7 nitrogen and oxygen atoms in total. The zero-order valence-electron chi connectivity index (χ0n) is 12.3. The Hall–Kier alpha value is -3.22. The monoisotopic (exact) mass is 314 g/mol. The van der Waals surface area contributed by atoms with Gasteiger partial charge in [0.1, 0.15) is 11.9 Å². The summed E-state index contributed by atoms with van der Waals surface area (Å²) in [6.07, 6.45) is 4.11. The first kappa shape index (κ1) is 16.2. The van der Waals surface area contributed by atoms with E-state index >= 15 is 0 Å². The van der Waals surface area contributed by atoms with Crippen LogP contribution in [0.25, 0.3) is 6.08 Å². The van der Waals surface area contributed by atoms with E-state index in [1.807, 2.05) is 0 Å². The van der Waals surface area contributed by atoms with Gasteiger partial charge in [-0.2, -0.15) is 0 Å². The van der Waals surface area contributed by atoms with Crippen LogP contribution in [0.4, 0.5) is 5.69 Å². The number of carbonyl (C=O) groups excluding carboxylic acids is 1. The van der Waals surface area contributed by atoms with E-state index in [4.69, 9.17) is 9.47 Å². The molecule has 0 aliphatic carbocycles. The van der Waals surface area contributed by atoms with Gasteiger partial charge in [0, 0.05) is 18.2 Å². The molecule has 0 N–H and O–H groups in total. The summed E-state index contributed by atoms with van der Waals surface area (Å²) in [5, 5.41) is 10.5. The molecule has 0 atom stereocenters. The molecule has 23 heavy (non-hydrogen) atoms. The average molecular weight is 314 g/mol. The predicted octanol–water partition coefficient (Wildman–Crippen LogP) is 3.36. The topological polar surface area (TPSA) is 91.6 Å². The Labute approximate surface area is 132 Å². The molecule has 0 aliphatic heterocycles. The number of pyridine rings is 1. The molecule has 0 saturated carbocycles. The molecule has 2 aromatic rings. The van der Waals surface area contributed by atoms with Crippen LogP contribution in [0.1, 0.15) is 12.5 Å². The van der Waals surface area contributed by atoms with E-state index in [9.17, 15) is 14.9 Å². The van der Waals surface area contributed by atoms with Crippen molar-refractivity contribution in [2.24, 2.45) is 0 Å². The van der Waals surface area contributed by atoms with Gasteiger partial charge >= 0.3 is 5.97 Å². The van der Waals surface area contributed by atoms with Gasteiger partial charge < -0.3 is 9.47 Å². The molecule has 1 aromatic heterocycles. The van der Waals surface area contributed by atoms with Crippen LogP contribution in [0.2, 0.25) is 0 Å². The van der Waals surface area contributed by atoms with Crippen LogP contribution in [0.5, 0.6) is 11.6 Å². The molecule has 1 aromatic carbocycles. The van der Waals surface area contributed by atoms with Gasteiger partial charge in [0.25, 0.3) is 5.69 Å². The second-order valence-electron chi connectivity index (χ2n) is 4.37. The lowest BCUT2D eigenvalue weighted by atomic mass is 10.2. The summed E-state index contributed by atoms with van der Waals surface area (Å²) in [5.74, 6) is 0.382. The third-order valence-corrected chi connectivity index (χ3v) is 2.73. The molecule has 0 unspecified atom stereocenters. The number of nitro groups is 1. The number of carbonyl (C=O) groups is 1. The second kappa shape index (κ2) is 7.69. The Kier molecular flexibility index (Phi) is 5.40. The summed E-state index contributed by atoms with van der Waals surface area (Å²) in [7, 11) is 0. The molecule has 2 rings (SSSR count). The molecule has 0 fully saturated rings. The minimum absolute atomic E-state index is 0.100. The Morgan fingerprint density at radius 2 is 2.00 bits per heavy atom. The van der Waals surface area contributed by atoms with Crippen molar-refractivity contribution in [1.82, 2.24) is 4.98 Å². The molecule has 0 saturated heterocycles. The van der Waals surface area contributed by atoms with Crippen molar-refractivity contribution >= 4 is 17.7 Å². The number of ether oxygens (including phenoxy) is 2. The number of aromatic nitrogens is 1. The normalized spacial score (nSPS) is 10.5. The van der Waals surface area contributed by atoms with Gasteiger partial charge in [-0.15, -0.1) is 0 Å². The largest absolute Gasteiger partial charge is 0.463 e.